The third-order valence-corrected chi connectivity index (χ3v) is 4.25. The summed E-state index contributed by atoms with van der Waals surface area (Å²) < 4.78 is 5.68. The molecule has 1 heterocycles. The highest BCUT2D eigenvalue weighted by Crippen LogP contribution is 2.22. The van der Waals surface area contributed by atoms with Crippen molar-refractivity contribution in [3.63, 3.8) is 0 Å². The van der Waals surface area contributed by atoms with Crippen LogP contribution in [-0.4, -0.2) is 55.1 Å². The summed E-state index contributed by atoms with van der Waals surface area (Å²) in [7, 11) is 5.74. The number of anilines is 2. The highest BCUT2D eigenvalue weighted by atomic mass is 16.5. The van der Waals surface area contributed by atoms with Gasteiger partial charge in [0.1, 0.15) is 24.5 Å². The van der Waals surface area contributed by atoms with Crippen molar-refractivity contribution in [2.75, 3.05) is 44.9 Å². The van der Waals surface area contributed by atoms with Crippen LogP contribution in [0.4, 0.5) is 11.5 Å². The predicted molar refractivity (Wildman–Crippen MR) is 107 cm³/mol. The molecule has 27 heavy (non-hydrogen) atoms. The largest absolute Gasteiger partial charge is 0.492 e. The van der Waals surface area contributed by atoms with E-state index in [1.165, 1.54) is 6.33 Å². The Hall–Kier alpha value is -3.19. The summed E-state index contributed by atoms with van der Waals surface area (Å²) in [6.45, 7) is 1.46. The summed E-state index contributed by atoms with van der Waals surface area (Å²) in [4.78, 5) is 24.6. The van der Waals surface area contributed by atoms with E-state index in [4.69, 9.17) is 10.5 Å². The number of benzene rings is 2. The molecule has 0 aliphatic rings. The first-order chi connectivity index (χ1) is 13.0. The first-order valence-electron chi connectivity index (χ1n) is 8.61. The van der Waals surface area contributed by atoms with Crippen LogP contribution in [-0.2, 0) is 0 Å². The van der Waals surface area contributed by atoms with Gasteiger partial charge in [-0.1, -0.05) is 0 Å². The molecule has 0 radical (unpaired) electrons. The van der Waals surface area contributed by atoms with Crippen LogP contribution in [0, 0.1) is 0 Å². The SMILES string of the molecule is CN(C)CCOc1ccc(N(C)C(=O)c2ccc3c(N)ncnc3c2)cc1. The highest BCUT2D eigenvalue weighted by molar-refractivity contribution is 6.07. The standard InChI is InChI=1S/C20H23N5O2/c1-24(2)10-11-27-16-7-5-15(6-8-16)25(3)20(26)14-4-9-17-18(12-14)22-13-23-19(17)21/h4-9,12-13H,10-11H2,1-3H3,(H2,21,22,23). The fourth-order valence-corrected chi connectivity index (χ4v) is 2.63. The molecule has 0 fully saturated rings. The van der Waals surface area contributed by atoms with Crippen molar-refractivity contribution >= 4 is 28.3 Å². The average Bonchev–Trinajstić information content (AvgIpc) is 2.67. The maximum atomic E-state index is 12.8. The first-order valence-corrected chi connectivity index (χ1v) is 8.61. The molecule has 3 rings (SSSR count). The Morgan fingerprint density at radius 2 is 1.81 bits per heavy atom. The Kier molecular flexibility index (Phi) is 5.52. The van der Waals surface area contributed by atoms with Crippen LogP contribution >= 0.6 is 0 Å². The Bertz CT molecular complexity index is 941. The second kappa shape index (κ2) is 8.01. The number of carbonyl (C=O) groups excluding carboxylic acids is 1. The normalized spacial score (nSPS) is 11.0. The lowest BCUT2D eigenvalue weighted by atomic mass is 10.1. The van der Waals surface area contributed by atoms with Gasteiger partial charge in [0.2, 0.25) is 0 Å². The summed E-state index contributed by atoms with van der Waals surface area (Å²) in [5, 5.41) is 0.732. The number of hydrogen-bond acceptors (Lipinski definition) is 6. The van der Waals surface area contributed by atoms with Crippen molar-refractivity contribution < 1.29 is 9.53 Å². The zero-order valence-corrected chi connectivity index (χ0v) is 15.7. The van der Waals surface area contributed by atoms with E-state index >= 15 is 0 Å². The van der Waals surface area contributed by atoms with Crippen molar-refractivity contribution in [1.29, 1.82) is 0 Å². The fourth-order valence-electron chi connectivity index (χ4n) is 2.63. The van der Waals surface area contributed by atoms with Gasteiger partial charge in [0.25, 0.3) is 5.91 Å². The minimum atomic E-state index is -0.129. The van der Waals surface area contributed by atoms with Crippen LogP contribution in [0.3, 0.4) is 0 Å². The van der Waals surface area contributed by atoms with Crippen LogP contribution in [0.25, 0.3) is 10.9 Å². The van der Waals surface area contributed by atoms with E-state index < -0.39 is 0 Å². The van der Waals surface area contributed by atoms with E-state index in [0.29, 0.717) is 23.5 Å². The lowest BCUT2D eigenvalue weighted by Gasteiger charge is -2.18. The molecule has 0 bridgehead atoms. The second-order valence-corrected chi connectivity index (χ2v) is 6.50. The van der Waals surface area contributed by atoms with Crippen LogP contribution in [0.15, 0.2) is 48.8 Å². The summed E-state index contributed by atoms with van der Waals surface area (Å²) in [6, 6.07) is 12.7. The van der Waals surface area contributed by atoms with Crippen LogP contribution in [0.2, 0.25) is 0 Å². The minimum absolute atomic E-state index is 0.129. The summed E-state index contributed by atoms with van der Waals surface area (Å²) in [6.07, 6.45) is 1.39. The smallest absolute Gasteiger partial charge is 0.258 e. The molecular formula is C20H23N5O2. The molecule has 1 aromatic heterocycles. The Morgan fingerprint density at radius 1 is 1.07 bits per heavy atom. The van der Waals surface area contributed by atoms with Gasteiger partial charge in [0.05, 0.1) is 5.52 Å². The van der Waals surface area contributed by atoms with Crippen molar-refractivity contribution in [2.24, 2.45) is 0 Å². The number of nitrogens with zero attached hydrogens (tertiary/aromatic N) is 4. The monoisotopic (exact) mass is 365 g/mol. The molecule has 0 saturated heterocycles. The van der Waals surface area contributed by atoms with E-state index in [0.717, 1.165) is 23.4 Å². The van der Waals surface area contributed by atoms with E-state index in [2.05, 4.69) is 14.9 Å². The van der Waals surface area contributed by atoms with Gasteiger partial charge in [-0.2, -0.15) is 0 Å². The van der Waals surface area contributed by atoms with Gasteiger partial charge in [-0.3, -0.25) is 4.79 Å². The van der Waals surface area contributed by atoms with Gasteiger partial charge in [-0.05, 0) is 56.6 Å². The number of likely N-dealkylation sites (N-methyl/N-ethyl adjacent to an activating group) is 1. The van der Waals surface area contributed by atoms with Gasteiger partial charge < -0.3 is 20.3 Å². The quantitative estimate of drug-likeness (QED) is 0.722. The van der Waals surface area contributed by atoms with E-state index in [1.54, 1.807) is 30.1 Å². The van der Waals surface area contributed by atoms with Crippen molar-refractivity contribution in [2.45, 2.75) is 0 Å². The number of nitrogen functional groups attached to an aromatic ring is 1. The highest BCUT2D eigenvalue weighted by Gasteiger charge is 2.15. The van der Waals surface area contributed by atoms with Gasteiger partial charge in [0.15, 0.2) is 0 Å². The molecule has 1 amide bonds. The number of nitrogens with two attached hydrogens (primary N) is 1. The summed E-state index contributed by atoms with van der Waals surface area (Å²) >= 11 is 0. The number of carbonyl (C=O) groups is 1. The molecule has 7 nitrogen and oxygen atoms in total. The third kappa shape index (κ3) is 4.32. The molecule has 0 atom stereocenters. The zero-order valence-electron chi connectivity index (χ0n) is 15.7. The lowest BCUT2D eigenvalue weighted by Crippen LogP contribution is -2.26. The second-order valence-electron chi connectivity index (χ2n) is 6.50. The van der Waals surface area contributed by atoms with E-state index in [-0.39, 0.29) is 5.91 Å². The molecule has 0 saturated carbocycles. The molecule has 140 valence electrons. The van der Waals surface area contributed by atoms with Gasteiger partial charge in [-0.15, -0.1) is 0 Å². The Labute approximate surface area is 158 Å². The molecule has 0 aliphatic carbocycles. The molecule has 0 unspecified atom stereocenters. The molecule has 0 aliphatic heterocycles. The maximum Gasteiger partial charge on any atom is 0.258 e. The number of ether oxygens (including phenoxy) is 1. The van der Waals surface area contributed by atoms with Crippen molar-refractivity contribution in [3.8, 4) is 5.75 Å². The van der Waals surface area contributed by atoms with Crippen LogP contribution in [0.1, 0.15) is 10.4 Å². The first kappa shape index (κ1) is 18.6. The lowest BCUT2D eigenvalue weighted by molar-refractivity contribution is 0.0993. The Balaban J connectivity index is 1.73. The number of rotatable bonds is 6. The minimum Gasteiger partial charge on any atom is -0.492 e. The Morgan fingerprint density at radius 3 is 2.52 bits per heavy atom. The van der Waals surface area contributed by atoms with Crippen molar-refractivity contribution in [1.82, 2.24) is 14.9 Å². The predicted octanol–water partition coefficient (Wildman–Crippen LogP) is 2.43. The molecule has 2 N–H and O–H groups in total. The van der Waals surface area contributed by atoms with Gasteiger partial charge in [-0.25, -0.2) is 9.97 Å². The van der Waals surface area contributed by atoms with Crippen LogP contribution in [0.5, 0.6) is 5.75 Å². The van der Waals surface area contributed by atoms with E-state index in [9.17, 15) is 4.79 Å². The van der Waals surface area contributed by atoms with Crippen LogP contribution < -0.4 is 15.4 Å². The van der Waals surface area contributed by atoms with Crippen molar-refractivity contribution in [3.05, 3.63) is 54.4 Å². The molecule has 0 spiro atoms. The third-order valence-electron chi connectivity index (χ3n) is 4.25. The van der Waals surface area contributed by atoms with Gasteiger partial charge in [0, 0.05) is 30.2 Å². The number of amides is 1. The fraction of sp³-hybridized carbons (Fsp3) is 0.250. The molecule has 7 heteroatoms. The molecular weight excluding hydrogens is 342 g/mol. The van der Waals surface area contributed by atoms with Gasteiger partial charge >= 0.3 is 0 Å². The van der Waals surface area contributed by atoms with E-state index in [1.807, 2.05) is 38.4 Å². The maximum absolute atomic E-state index is 12.8. The summed E-state index contributed by atoms with van der Waals surface area (Å²) in [5.74, 6) is 1.05. The molecule has 2 aromatic carbocycles. The number of aromatic nitrogens is 2. The molecule has 3 aromatic rings. The topological polar surface area (TPSA) is 84.6 Å². The zero-order chi connectivity index (χ0) is 19.4. The number of hydrogen-bond donors (Lipinski definition) is 1. The summed E-state index contributed by atoms with van der Waals surface area (Å²) in [5.41, 5.74) is 7.80. The average molecular weight is 365 g/mol. The number of fused-ring (bicyclic) bond motifs is 1.